The molecule has 1 aromatic rings. The van der Waals surface area contributed by atoms with E-state index in [2.05, 4.69) is 21.3 Å². The Morgan fingerprint density at radius 3 is 2.11 bits per heavy atom. The van der Waals surface area contributed by atoms with E-state index in [1.54, 1.807) is 12.1 Å². The Morgan fingerprint density at radius 1 is 0.946 bits per heavy atom. The standard InChI is InChI=1S/C25H36N4O8/c1-14(2)12-19(23(34)27-18(25(36)37)9-10-21(31)32)28-24(35)20(13-15-5-7-16(30)8-6-15)29-22(33)17-4-3-11-26-17/h5-8,14,17-20,26,30H,3-4,9-13H2,1-2H3,(H,27,34)(H,28,35)(H,29,33)(H,31,32)(H,36,37). The molecular formula is C25H36N4O8. The van der Waals surface area contributed by atoms with Gasteiger partial charge in [0.15, 0.2) is 0 Å². The molecule has 12 nitrogen and oxygen atoms in total. The Bertz CT molecular complexity index is 960. The number of phenols is 1. The second kappa shape index (κ2) is 14.2. The maximum Gasteiger partial charge on any atom is 0.326 e. The van der Waals surface area contributed by atoms with Crippen LogP contribution in [0.2, 0.25) is 0 Å². The molecule has 12 heteroatoms. The molecule has 7 N–H and O–H groups in total. The van der Waals surface area contributed by atoms with Gasteiger partial charge in [-0.1, -0.05) is 26.0 Å². The predicted octanol–water partition coefficient (Wildman–Crippen LogP) is 0.137. The molecule has 37 heavy (non-hydrogen) atoms. The molecule has 1 fully saturated rings. The van der Waals surface area contributed by atoms with Gasteiger partial charge in [0, 0.05) is 12.8 Å². The normalized spacial score (nSPS) is 17.4. The highest BCUT2D eigenvalue weighted by Gasteiger charge is 2.32. The molecule has 0 radical (unpaired) electrons. The van der Waals surface area contributed by atoms with Crippen molar-refractivity contribution in [2.24, 2.45) is 5.92 Å². The molecular weight excluding hydrogens is 484 g/mol. The van der Waals surface area contributed by atoms with Gasteiger partial charge in [-0.2, -0.15) is 0 Å². The van der Waals surface area contributed by atoms with Gasteiger partial charge in [0.05, 0.1) is 6.04 Å². The third-order valence-corrected chi connectivity index (χ3v) is 5.99. The minimum absolute atomic E-state index is 0.0495. The number of nitrogens with one attached hydrogen (secondary N) is 4. The van der Waals surface area contributed by atoms with Gasteiger partial charge >= 0.3 is 11.9 Å². The number of hydrogen-bond acceptors (Lipinski definition) is 7. The van der Waals surface area contributed by atoms with Gasteiger partial charge in [0.2, 0.25) is 17.7 Å². The Hall–Kier alpha value is -3.67. The van der Waals surface area contributed by atoms with E-state index in [0.29, 0.717) is 18.5 Å². The zero-order valence-corrected chi connectivity index (χ0v) is 21.0. The van der Waals surface area contributed by atoms with Crippen LogP contribution in [0, 0.1) is 5.92 Å². The monoisotopic (exact) mass is 520 g/mol. The molecule has 1 aliphatic heterocycles. The molecule has 4 atom stereocenters. The van der Waals surface area contributed by atoms with Crippen molar-refractivity contribution in [3.63, 3.8) is 0 Å². The van der Waals surface area contributed by atoms with Crippen molar-refractivity contribution < 1.29 is 39.3 Å². The number of carboxylic acid groups (broad SMARTS) is 2. The lowest BCUT2D eigenvalue weighted by atomic mass is 10.00. The van der Waals surface area contributed by atoms with E-state index in [4.69, 9.17) is 5.11 Å². The van der Waals surface area contributed by atoms with E-state index < -0.39 is 54.3 Å². The van der Waals surface area contributed by atoms with Crippen molar-refractivity contribution in [3.05, 3.63) is 29.8 Å². The topological polar surface area (TPSA) is 194 Å². The Balaban J connectivity index is 2.19. The summed E-state index contributed by atoms with van der Waals surface area (Å²) >= 11 is 0. The summed E-state index contributed by atoms with van der Waals surface area (Å²) in [5.41, 5.74) is 0.669. The van der Waals surface area contributed by atoms with E-state index in [0.717, 1.165) is 6.42 Å². The number of carbonyl (C=O) groups is 5. The maximum atomic E-state index is 13.3. The summed E-state index contributed by atoms with van der Waals surface area (Å²) < 4.78 is 0. The zero-order valence-electron chi connectivity index (χ0n) is 21.0. The highest BCUT2D eigenvalue weighted by atomic mass is 16.4. The summed E-state index contributed by atoms with van der Waals surface area (Å²) in [6.07, 6.45) is 0.978. The van der Waals surface area contributed by atoms with E-state index in [1.165, 1.54) is 12.1 Å². The van der Waals surface area contributed by atoms with Gasteiger partial charge in [-0.25, -0.2) is 4.79 Å². The van der Waals surface area contributed by atoms with Gasteiger partial charge in [-0.3, -0.25) is 19.2 Å². The molecule has 4 unspecified atom stereocenters. The van der Waals surface area contributed by atoms with Crippen LogP contribution in [-0.2, 0) is 30.4 Å². The molecule has 1 saturated heterocycles. The number of carboxylic acids is 2. The summed E-state index contributed by atoms with van der Waals surface area (Å²) in [7, 11) is 0. The molecule has 0 spiro atoms. The summed E-state index contributed by atoms with van der Waals surface area (Å²) in [6.45, 7) is 4.34. The van der Waals surface area contributed by atoms with Crippen LogP contribution in [0.15, 0.2) is 24.3 Å². The fourth-order valence-corrected chi connectivity index (χ4v) is 4.03. The molecule has 1 heterocycles. The van der Waals surface area contributed by atoms with Gasteiger partial charge in [-0.15, -0.1) is 0 Å². The highest BCUT2D eigenvalue weighted by Crippen LogP contribution is 2.13. The van der Waals surface area contributed by atoms with Gasteiger partial charge < -0.3 is 36.6 Å². The number of carbonyl (C=O) groups excluding carboxylic acids is 3. The van der Waals surface area contributed by atoms with Crippen molar-refractivity contribution in [2.45, 2.75) is 76.5 Å². The van der Waals surface area contributed by atoms with E-state index >= 15 is 0 Å². The zero-order chi connectivity index (χ0) is 27.5. The van der Waals surface area contributed by atoms with Crippen molar-refractivity contribution in [1.82, 2.24) is 21.3 Å². The van der Waals surface area contributed by atoms with Crippen LogP contribution in [0.4, 0.5) is 0 Å². The highest BCUT2D eigenvalue weighted by molar-refractivity contribution is 5.94. The Labute approximate surface area is 215 Å². The smallest absolute Gasteiger partial charge is 0.326 e. The lowest BCUT2D eigenvalue weighted by molar-refractivity contribution is -0.143. The van der Waals surface area contributed by atoms with Crippen molar-refractivity contribution in [2.75, 3.05) is 6.54 Å². The molecule has 1 aliphatic rings. The number of benzene rings is 1. The van der Waals surface area contributed by atoms with Crippen molar-refractivity contribution in [3.8, 4) is 5.75 Å². The van der Waals surface area contributed by atoms with Crippen LogP contribution in [0.1, 0.15) is 51.5 Å². The Morgan fingerprint density at radius 2 is 1.57 bits per heavy atom. The average molecular weight is 521 g/mol. The molecule has 0 aromatic heterocycles. The fourth-order valence-electron chi connectivity index (χ4n) is 4.03. The first kappa shape index (κ1) is 29.6. The number of aromatic hydroxyl groups is 1. The van der Waals surface area contributed by atoms with E-state index in [-0.39, 0.29) is 36.8 Å². The predicted molar refractivity (Wildman–Crippen MR) is 133 cm³/mol. The summed E-state index contributed by atoms with van der Waals surface area (Å²) in [5, 5.41) is 38.6. The maximum absolute atomic E-state index is 13.3. The largest absolute Gasteiger partial charge is 0.508 e. The molecule has 3 amide bonds. The Kier molecular flexibility index (Phi) is 11.3. The minimum Gasteiger partial charge on any atom is -0.508 e. The number of aliphatic carboxylic acids is 2. The first-order valence-electron chi connectivity index (χ1n) is 12.3. The average Bonchev–Trinajstić information content (AvgIpc) is 3.36. The number of phenolic OH excluding ortho intramolecular Hbond substituents is 1. The second-order valence-corrected chi connectivity index (χ2v) is 9.60. The molecule has 0 bridgehead atoms. The summed E-state index contributed by atoms with van der Waals surface area (Å²) in [4.78, 5) is 61.4. The second-order valence-electron chi connectivity index (χ2n) is 9.60. The summed E-state index contributed by atoms with van der Waals surface area (Å²) in [5.74, 6) is -4.31. The lowest BCUT2D eigenvalue weighted by Crippen LogP contribution is -2.57. The van der Waals surface area contributed by atoms with Gasteiger partial charge in [-0.05, 0) is 55.8 Å². The number of amides is 3. The molecule has 1 aromatic carbocycles. The van der Waals surface area contributed by atoms with Crippen LogP contribution in [-0.4, -0.2) is 75.7 Å². The molecule has 0 saturated carbocycles. The van der Waals surface area contributed by atoms with Crippen LogP contribution >= 0.6 is 0 Å². The first-order valence-corrected chi connectivity index (χ1v) is 12.3. The van der Waals surface area contributed by atoms with Crippen molar-refractivity contribution >= 4 is 29.7 Å². The molecule has 0 aliphatic carbocycles. The van der Waals surface area contributed by atoms with Crippen molar-refractivity contribution in [1.29, 1.82) is 0 Å². The van der Waals surface area contributed by atoms with E-state index in [9.17, 15) is 34.2 Å². The SMILES string of the molecule is CC(C)CC(NC(=O)C(Cc1ccc(O)cc1)NC(=O)C1CCCN1)C(=O)NC(CCC(=O)O)C(=O)O. The summed E-state index contributed by atoms with van der Waals surface area (Å²) in [6, 6.07) is 2.14. The number of rotatable bonds is 14. The third-order valence-electron chi connectivity index (χ3n) is 5.99. The van der Waals surface area contributed by atoms with Crippen LogP contribution in [0.3, 0.4) is 0 Å². The van der Waals surface area contributed by atoms with E-state index in [1.807, 2.05) is 13.8 Å². The van der Waals surface area contributed by atoms with Crippen LogP contribution in [0.25, 0.3) is 0 Å². The first-order chi connectivity index (χ1) is 17.5. The minimum atomic E-state index is -1.43. The third kappa shape index (κ3) is 10.1. The quantitative estimate of drug-likeness (QED) is 0.178. The number of hydrogen-bond donors (Lipinski definition) is 7. The molecule has 204 valence electrons. The molecule has 2 rings (SSSR count). The van der Waals surface area contributed by atoms with Crippen LogP contribution in [0.5, 0.6) is 5.75 Å². The van der Waals surface area contributed by atoms with Gasteiger partial charge in [0.25, 0.3) is 0 Å². The lowest BCUT2D eigenvalue weighted by Gasteiger charge is -2.26. The fraction of sp³-hybridized carbons (Fsp3) is 0.560. The van der Waals surface area contributed by atoms with Gasteiger partial charge in [0.1, 0.15) is 23.9 Å². The van der Waals surface area contributed by atoms with Crippen LogP contribution < -0.4 is 21.3 Å².